The molecule has 0 radical (unpaired) electrons. The third-order valence-corrected chi connectivity index (χ3v) is 4.99. The van der Waals surface area contributed by atoms with Crippen molar-refractivity contribution in [3.05, 3.63) is 48.5 Å². The quantitative estimate of drug-likeness (QED) is 0.764. The Morgan fingerprint density at radius 1 is 1.31 bits per heavy atom. The second kappa shape index (κ2) is 8.36. The maximum absolute atomic E-state index is 12.8. The average molecular weight is 357 g/mol. The molecule has 1 aromatic carbocycles. The molecule has 26 heavy (non-hydrogen) atoms. The smallest absolute Gasteiger partial charge is 0.242 e. The maximum Gasteiger partial charge on any atom is 0.242 e. The van der Waals surface area contributed by atoms with E-state index in [-0.39, 0.29) is 5.91 Å². The van der Waals surface area contributed by atoms with Crippen molar-refractivity contribution in [2.45, 2.75) is 38.3 Å². The lowest BCUT2D eigenvalue weighted by Crippen LogP contribution is -2.55. The van der Waals surface area contributed by atoms with Crippen molar-refractivity contribution in [1.82, 2.24) is 14.5 Å². The van der Waals surface area contributed by atoms with E-state index in [2.05, 4.69) is 4.98 Å². The molecule has 1 saturated heterocycles. The van der Waals surface area contributed by atoms with Gasteiger partial charge in [-0.05, 0) is 25.0 Å². The van der Waals surface area contributed by atoms with Crippen LogP contribution in [-0.2, 0) is 22.5 Å². The van der Waals surface area contributed by atoms with Gasteiger partial charge in [-0.25, -0.2) is 4.98 Å². The molecule has 0 N–H and O–H groups in total. The predicted molar refractivity (Wildman–Crippen MR) is 99.1 cm³/mol. The minimum atomic E-state index is -0.466. The number of piperidine rings is 1. The first kappa shape index (κ1) is 18.5. The summed E-state index contributed by atoms with van der Waals surface area (Å²) in [7, 11) is 1.70. The molecule has 0 spiro atoms. The Bertz CT molecular complexity index is 716. The van der Waals surface area contributed by atoms with Crippen molar-refractivity contribution in [2.24, 2.45) is 0 Å². The van der Waals surface area contributed by atoms with Gasteiger partial charge >= 0.3 is 0 Å². The van der Waals surface area contributed by atoms with E-state index in [9.17, 15) is 4.79 Å². The van der Waals surface area contributed by atoms with Crippen LogP contribution in [0.1, 0.15) is 25.6 Å². The molecule has 6 heteroatoms. The minimum absolute atomic E-state index is 0.0959. The zero-order valence-electron chi connectivity index (χ0n) is 15.6. The van der Waals surface area contributed by atoms with E-state index in [1.165, 1.54) is 0 Å². The first-order valence-corrected chi connectivity index (χ1v) is 9.16. The molecule has 6 nitrogen and oxygen atoms in total. The van der Waals surface area contributed by atoms with Gasteiger partial charge in [-0.3, -0.25) is 4.79 Å². The second-order valence-corrected chi connectivity index (χ2v) is 6.73. The number of rotatable bonds is 7. The first-order valence-electron chi connectivity index (χ1n) is 9.16. The van der Waals surface area contributed by atoms with Gasteiger partial charge in [0.05, 0.1) is 6.54 Å². The molecule has 2 aromatic rings. The largest absolute Gasteiger partial charge is 0.491 e. The third kappa shape index (κ3) is 4.25. The number of aromatic nitrogens is 2. The topological polar surface area (TPSA) is 56.6 Å². The van der Waals surface area contributed by atoms with Crippen molar-refractivity contribution in [2.75, 3.05) is 26.8 Å². The van der Waals surface area contributed by atoms with Gasteiger partial charge in [0.1, 0.15) is 30.3 Å². The number of hydrogen-bond acceptors (Lipinski definition) is 4. The SMILES string of the molecule is CCc1nccn1CC(=O)N1CCCC(COc2ccccc2)(OC)C1. The molecule has 1 amide bonds. The highest BCUT2D eigenvalue weighted by molar-refractivity contribution is 5.76. The van der Waals surface area contributed by atoms with Gasteiger partial charge in [-0.1, -0.05) is 25.1 Å². The van der Waals surface area contributed by atoms with Gasteiger partial charge in [0.15, 0.2) is 0 Å². The van der Waals surface area contributed by atoms with Crippen LogP contribution < -0.4 is 4.74 Å². The van der Waals surface area contributed by atoms with Gasteiger partial charge in [-0.2, -0.15) is 0 Å². The van der Waals surface area contributed by atoms with Crippen molar-refractivity contribution in [3.63, 3.8) is 0 Å². The Balaban J connectivity index is 1.63. The molecular weight excluding hydrogens is 330 g/mol. The van der Waals surface area contributed by atoms with Crippen LogP contribution in [0.3, 0.4) is 0 Å². The summed E-state index contributed by atoms with van der Waals surface area (Å²) in [5.74, 6) is 1.85. The van der Waals surface area contributed by atoms with E-state index in [0.29, 0.717) is 19.7 Å². The van der Waals surface area contributed by atoms with Crippen LogP contribution in [0.15, 0.2) is 42.7 Å². The molecule has 1 atom stereocenters. The average Bonchev–Trinajstić information content (AvgIpc) is 3.14. The second-order valence-electron chi connectivity index (χ2n) is 6.73. The number of imidazole rings is 1. The fraction of sp³-hybridized carbons (Fsp3) is 0.500. The number of carbonyl (C=O) groups is 1. The summed E-state index contributed by atoms with van der Waals surface area (Å²) in [6.07, 6.45) is 6.21. The fourth-order valence-corrected chi connectivity index (χ4v) is 3.43. The third-order valence-electron chi connectivity index (χ3n) is 4.99. The van der Waals surface area contributed by atoms with Gasteiger partial charge in [0.25, 0.3) is 0 Å². The molecular formula is C20H27N3O3. The summed E-state index contributed by atoms with van der Waals surface area (Å²) in [5, 5.41) is 0. The van der Waals surface area contributed by atoms with Crippen LogP contribution >= 0.6 is 0 Å². The molecule has 1 aliphatic rings. The summed E-state index contributed by atoms with van der Waals surface area (Å²) in [4.78, 5) is 19.0. The monoisotopic (exact) mass is 357 g/mol. The molecule has 140 valence electrons. The number of nitrogens with zero attached hydrogens (tertiary/aromatic N) is 3. The van der Waals surface area contributed by atoms with Crippen LogP contribution in [0.2, 0.25) is 0 Å². The number of carbonyl (C=O) groups excluding carboxylic acids is 1. The fourth-order valence-electron chi connectivity index (χ4n) is 3.43. The van der Waals surface area contributed by atoms with Crippen molar-refractivity contribution >= 4 is 5.91 Å². The number of likely N-dealkylation sites (tertiary alicyclic amines) is 1. The molecule has 3 rings (SSSR count). The summed E-state index contributed by atoms with van der Waals surface area (Å²) in [6.45, 7) is 4.10. The van der Waals surface area contributed by atoms with Gasteiger partial charge in [-0.15, -0.1) is 0 Å². The number of methoxy groups -OCH3 is 1. The number of aryl methyl sites for hydroxylation is 1. The lowest BCUT2D eigenvalue weighted by molar-refractivity contribution is -0.143. The number of hydrogen-bond donors (Lipinski definition) is 0. The molecule has 1 fully saturated rings. The molecule has 1 aromatic heterocycles. The standard InChI is InChI=1S/C20H27N3O3/c1-3-18-21-11-13-22(18)14-19(24)23-12-7-10-20(15-23,25-2)16-26-17-8-5-4-6-9-17/h4-6,8-9,11,13H,3,7,10,12,14-16H2,1-2H3. The van der Waals surface area contributed by atoms with E-state index in [1.807, 2.05) is 52.9 Å². The summed E-state index contributed by atoms with van der Waals surface area (Å²) < 4.78 is 13.7. The van der Waals surface area contributed by atoms with Crippen molar-refractivity contribution < 1.29 is 14.3 Å². The van der Waals surface area contributed by atoms with Crippen LogP contribution in [-0.4, -0.2) is 52.8 Å². The zero-order chi connectivity index (χ0) is 18.4. The van der Waals surface area contributed by atoms with Crippen LogP contribution in [0.25, 0.3) is 0 Å². The molecule has 2 heterocycles. The highest BCUT2D eigenvalue weighted by Crippen LogP contribution is 2.26. The molecule has 0 aliphatic carbocycles. The molecule has 1 aliphatic heterocycles. The Morgan fingerprint density at radius 2 is 2.12 bits per heavy atom. The van der Waals surface area contributed by atoms with E-state index in [1.54, 1.807) is 13.3 Å². The van der Waals surface area contributed by atoms with Gasteiger partial charge < -0.3 is 18.9 Å². The van der Waals surface area contributed by atoms with E-state index in [4.69, 9.17) is 9.47 Å². The Kier molecular flexibility index (Phi) is 5.93. The minimum Gasteiger partial charge on any atom is -0.491 e. The van der Waals surface area contributed by atoms with Crippen LogP contribution in [0.4, 0.5) is 0 Å². The normalized spacial score (nSPS) is 20.2. The number of para-hydroxylation sites is 1. The highest BCUT2D eigenvalue weighted by Gasteiger charge is 2.38. The predicted octanol–water partition coefficient (Wildman–Crippen LogP) is 2.53. The number of amides is 1. The zero-order valence-corrected chi connectivity index (χ0v) is 15.6. The summed E-state index contributed by atoms with van der Waals surface area (Å²) >= 11 is 0. The van der Waals surface area contributed by atoms with Gasteiger partial charge in [0, 0.05) is 32.5 Å². The summed E-state index contributed by atoms with van der Waals surface area (Å²) in [5.41, 5.74) is -0.466. The lowest BCUT2D eigenvalue weighted by atomic mass is 9.93. The van der Waals surface area contributed by atoms with Crippen molar-refractivity contribution in [3.8, 4) is 5.75 Å². The molecule has 1 unspecified atom stereocenters. The van der Waals surface area contributed by atoms with E-state index >= 15 is 0 Å². The Labute approximate surface area is 154 Å². The number of ether oxygens (including phenoxy) is 2. The van der Waals surface area contributed by atoms with Gasteiger partial charge in [0.2, 0.25) is 5.91 Å². The molecule has 0 saturated carbocycles. The van der Waals surface area contributed by atoms with E-state index in [0.717, 1.165) is 37.4 Å². The first-order chi connectivity index (χ1) is 12.7. The Morgan fingerprint density at radius 3 is 2.85 bits per heavy atom. The van der Waals surface area contributed by atoms with E-state index < -0.39 is 5.60 Å². The van der Waals surface area contributed by atoms with Crippen molar-refractivity contribution in [1.29, 1.82) is 0 Å². The van der Waals surface area contributed by atoms with Crippen LogP contribution in [0, 0.1) is 0 Å². The number of benzene rings is 1. The highest BCUT2D eigenvalue weighted by atomic mass is 16.5. The lowest BCUT2D eigenvalue weighted by Gasteiger charge is -2.41. The Hall–Kier alpha value is -2.34. The summed E-state index contributed by atoms with van der Waals surface area (Å²) in [6, 6.07) is 9.71. The molecule has 0 bridgehead atoms. The maximum atomic E-state index is 12.8. The van der Waals surface area contributed by atoms with Crippen LogP contribution in [0.5, 0.6) is 5.75 Å².